The molecule has 2 heterocycles. The van der Waals surface area contributed by atoms with Crippen molar-refractivity contribution in [3.05, 3.63) is 77.7 Å². The molecule has 1 atom stereocenters. The molecule has 4 rings (SSSR count). The van der Waals surface area contributed by atoms with Gasteiger partial charge in [0.2, 0.25) is 0 Å². The number of likely N-dealkylation sites (N-methyl/N-ethyl adjacent to an activating group) is 1. The van der Waals surface area contributed by atoms with Crippen molar-refractivity contribution in [2.75, 3.05) is 32.5 Å². The molecule has 32 heavy (non-hydrogen) atoms. The normalized spacial score (nSPS) is 15.8. The monoisotopic (exact) mass is 429 g/mol. The SMILES string of the molecule is Cc1ncc(-c2ccc(C(=O)N3CC[C@H](N(C)C)C3)cc2)nc1C(=O)Nc1ccccc1. The maximum Gasteiger partial charge on any atom is 0.276 e. The quantitative estimate of drug-likeness (QED) is 0.672. The zero-order valence-electron chi connectivity index (χ0n) is 18.6. The number of nitrogens with zero attached hydrogens (tertiary/aromatic N) is 4. The number of para-hydroxylation sites is 1. The maximum atomic E-state index is 12.9. The molecule has 7 heteroatoms. The largest absolute Gasteiger partial charge is 0.337 e. The van der Waals surface area contributed by atoms with Crippen LogP contribution in [0.3, 0.4) is 0 Å². The molecule has 3 aromatic rings. The minimum atomic E-state index is -0.306. The van der Waals surface area contributed by atoms with E-state index in [2.05, 4.69) is 20.2 Å². The second-order valence-corrected chi connectivity index (χ2v) is 8.24. The van der Waals surface area contributed by atoms with Gasteiger partial charge in [0.25, 0.3) is 11.8 Å². The number of carbonyl (C=O) groups is 2. The molecular weight excluding hydrogens is 402 g/mol. The highest BCUT2D eigenvalue weighted by Gasteiger charge is 2.28. The zero-order valence-corrected chi connectivity index (χ0v) is 18.6. The molecule has 0 bridgehead atoms. The van der Waals surface area contributed by atoms with E-state index in [1.807, 2.05) is 73.6 Å². The van der Waals surface area contributed by atoms with Crippen molar-refractivity contribution in [1.29, 1.82) is 0 Å². The Labute approximate surface area is 188 Å². The Bertz CT molecular complexity index is 1110. The summed E-state index contributed by atoms with van der Waals surface area (Å²) in [5.74, 6) is -0.266. The highest BCUT2D eigenvalue weighted by Crippen LogP contribution is 2.21. The van der Waals surface area contributed by atoms with E-state index in [4.69, 9.17) is 0 Å². The van der Waals surface area contributed by atoms with Gasteiger partial charge in [-0.05, 0) is 51.7 Å². The fourth-order valence-electron chi connectivity index (χ4n) is 3.83. The lowest BCUT2D eigenvalue weighted by Crippen LogP contribution is -2.34. The predicted molar refractivity (Wildman–Crippen MR) is 125 cm³/mol. The lowest BCUT2D eigenvalue weighted by atomic mass is 10.1. The molecule has 1 aliphatic rings. The molecule has 1 aromatic heterocycles. The lowest BCUT2D eigenvalue weighted by Gasteiger charge is -2.20. The summed E-state index contributed by atoms with van der Waals surface area (Å²) in [5, 5.41) is 2.85. The molecule has 1 aliphatic heterocycles. The number of amides is 2. The summed E-state index contributed by atoms with van der Waals surface area (Å²) < 4.78 is 0. The van der Waals surface area contributed by atoms with Crippen molar-refractivity contribution in [3.63, 3.8) is 0 Å². The van der Waals surface area contributed by atoms with E-state index in [-0.39, 0.29) is 17.5 Å². The summed E-state index contributed by atoms with van der Waals surface area (Å²) in [7, 11) is 4.09. The number of aryl methyl sites for hydroxylation is 1. The molecular formula is C25H27N5O2. The molecule has 7 nitrogen and oxygen atoms in total. The number of aromatic nitrogens is 2. The van der Waals surface area contributed by atoms with Crippen molar-refractivity contribution in [2.45, 2.75) is 19.4 Å². The van der Waals surface area contributed by atoms with Crippen LogP contribution < -0.4 is 5.32 Å². The summed E-state index contributed by atoms with van der Waals surface area (Å²) in [6.07, 6.45) is 2.64. The summed E-state index contributed by atoms with van der Waals surface area (Å²) in [6, 6.07) is 17.0. The Morgan fingerprint density at radius 2 is 1.78 bits per heavy atom. The number of rotatable bonds is 5. The molecule has 2 amide bonds. The maximum absolute atomic E-state index is 12.9. The molecule has 0 spiro atoms. The topological polar surface area (TPSA) is 78.4 Å². The first-order valence-electron chi connectivity index (χ1n) is 10.7. The Morgan fingerprint density at radius 3 is 2.44 bits per heavy atom. The zero-order chi connectivity index (χ0) is 22.7. The Kier molecular flexibility index (Phi) is 6.28. The fraction of sp³-hybridized carbons (Fsp3) is 0.280. The van der Waals surface area contributed by atoms with Crippen LogP contribution in [0.25, 0.3) is 11.3 Å². The van der Waals surface area contributed by atoms with Crippen LogP contribution in [0.1, 0.15) is 33.0 Å². The molecule has 0 saturated carbocycles. The van der Waals surface area contributed by atoms with Crippen molar-refractivity contribution in [3.8, 4) is 11.3 Å². The van der Waals surface area contributed by atoms with Gasteiger partial charge in [-0.3, -0.25) is 14.6 Å². The molecule has 1 N–H and O–H groups in total. The molecule has 2 aromatic carbocycles. The second kappa shape index (κ2) is 9.28. The van der Waals surface area contributed by atoms with Gasteiger partial charge in [0.1, 0.15) is 5.69 Å². The van der Waals surface area contributed by atoms with Crippen molar-refractivity contribution in [1.82, 2.24) is 19.8 Å². The molecule has 1 fully saturated rings. The highest BCUT2D eigenvalue weighted by molar-refractivity contribution is 6.03. The summed E-state index contributed by atoms with van der Waals surface area (Å²) in [5.41, 5.74) is 3.56. The average molecular weight is 430 g/mol. The van der Waals surface area contributed by atoms with Gasteiger partial charge in [-0.15, -0.1) is 0 Å². The van der Waals surface area contributed by atoms with Crippen LogP contribution in [0, 0.1) is 6.92 Å². The highest BCUT2D eigenvalue weighted by atomic mass is 16.2. The minimum absolute atomic E-state index is 0.0406. The third kappa shape index (κ3) is 4.68. The fourth-order valence-corrected chi connectivity index (χ4v) is 3.83. The van der Waals surface area contributed by atoms with Gasteiger partial charge in [-0.1, -0.05) is 30.3 Å². The Morgan fingerprint density at radius 1 is 1.06 bits per heavy atom. The van der Waals surface area contributed by atoms with Crippen LogP contribution in [0.5, 0.6) is 0 Å². The van der Waals surface area contributed by atoms with Crippen molar-refractivity contribution < 1.29 is 9.59 Å². The molecule has 0 unspecified atom stereocenters. The third-order valence-electron chi connectivity index (χ3n) is 5.81. The number of hydrogen-bond acceptors (Lipinski definition) is 5. The first-order valence-corrected chi connectivity index (χ1v) is 10.7. The van der Waals surface area contributed by atoms with Gasteiger partial charge in [0, 0.05) is 35.9 Å². The lowest BCUT2D eigenvalue weighted by molar-refractivity contribution is 0.0783. The van der Waals surface area contributed by atoms with E-state index in [9.17, 15) is 9.59 Å². The van der Waals surface area contributed by atoms with E-state index in [0.717, 1.165) is 25.1 Å². The van der Waals surface area contributed by atoms with Crippen LogP contribution in [-0.2, 0) is 0 Å². The van der Waals surface area contributed by atoms with Gasteiger partial charge < -0.3 is 15.1 Å². The van der Waals surface area contributed by atoms with E-state index >= 15 is 0 Å². The van der Waals surface area contributed by atoms with Gasteiger partial charge >= 0.3 is 0 Å². The van der Waals surface area contributed by atoms with E-state index in [0.29, 0.717) is 28.7 Å². The van der Waals surface area contributed by atoms with Crippen molar-refractivity contribution in [2.24, 2.45) is 0 Å². The van der Waals surface area contributed by atoms with E-state index in [1.54, 1.807) is 13.1 Å². The Balaban J connectivity index is 1.50. The summed E-state index contributed by atoms with van der Waals surface area (Å²) in [6.45, 7) is 3.28. The van der Waals surface area contributed by atoms with Gasteiger partial charge in [0.05, 0.1) is 17.6 Å². The first-order chi connectivity index (χ1) is 15.4. The number of anilines is 1. The van der Waals surface area contributed by atoms with Gasteiger partial charge in [-0.25, -0.2) is 4.98 Å². The molecule has 164 valence electrons. The first kappa shape index (κ1) is 21.6. The number of nitrogens with one attached hydrogen (secondary N) is 1. The number of carbonyl (C=O) groups excluding carboxylic acids is 2. The van der Waals surface area contributed by atoms with Crippen LogP contribution >= 0.6 is 0 Å². The third-order valence-corrected chi connectivity index (χ3v) is 5.81. The molecule has 0 aliphatic carbocycles. The summed E-state index contributed by atoms with van der Waals surface area (Å²) in [4.78, 5) is 38.5. The smallest absolute Gasteiger partial charge is 0.276 e. The van der Waals surface area contributed by atoms with Gasteiger partial charge in [0.15, 0.2) is 0 Å². The standard InChI is InChI=1S/C25H27N5O2/c1-17-23(24(31)27-20-7-5-4-6-8-20)28-22(15-26-17)18-9-11-19(12-10-18)25(32)30-14-13-21(16-30)29(2)3/h4-12,15,21H,13-14,16H2,1-3H3,(H,27,31)/t21-/m0/s1. The van der Waals surface area contributed by atoms with Crippen LogP contribution in [-0.4, -0.2) is 64.8 Å². The Hall–Kier alpha value is -3.58. The minimum Gasteiger partial charge on any atom is -0.337 e. The van der Waals surface area contributed by atoms with Crippen molar-refractivity contribution >= 4 is 17.5 Å². The van der Waals surface area contributed by atoms with Crippen LogP contribution in [0.15, 0.2) is 60.8 Å². The summed E-state index contributed by atoms with van der Waals surface area (Å²) >= 11 is 0. The van der Waals surface area contributed by atoms with E-state index in [1.165, 1.54) is 0 Å². The average Bonchev–Trinajstić information content (AvgIpc) is 3.30. The number of benzene rings is 2. The van der Waals surface area contributed by atoms with E-state index < -0.39 is 0 Å². The number of likely N-dealkylation sites (tertiary alicyclic amines) is 1. The van der Waals surface area contributed by atoms with Crippen LogP contribution in [0.4, 0.5) is 5.69 Å². The number of hydrogen-bond donors (Lipinski definition) is 1. The second-order valence-electron chi connectivity index (χ2n) is 8.24. The predicted octanol–water partition coefficient (Wildman–Crippen LogP) is 3.48. The molecule has 0 radical (unpaired) electrons. The van der Waals surface area contributed by atoms with Gasteiger partial charge in [-0.2, -0.15) is 0 Å². The molecule has 1 saturated heterocycles. The van der Waals surface area contributed by atoms with Crippen LogP contribution in [0.2, 0.25) is 0 Å².